The molecule has 0 aromatic carbocycles. The monoisotopic (exact) mass is 222 g/mol. The molecule has 1 aromatic rings. The minimum atomic E-state index is -1.06. The van der Waals surface area contributed by atoms with Crippen molar-refractivity contribution in [2.45, 2.75) is 18.9 Å². The van der Waals surface area contributed by atoms with E-state index in [0.717, 1.165) is 19.4 Å². The van der Waals surface area contributed by atoms with Crippen molar-refractivity contribution < 1.29 is 14.6 Å². The number of pyridine rings is 1. The largest absolute Gasteiger partial charge is 0.489 e. The summed E-state index contributed by atoms with van der Waals surface area (Å²) in [6.45, 7) is 1.50. The van der Waals surface area contributed by atoms with Gasteiger partial charge in [-0.2, -0.15) is 0 Å². The van der Waals surface area contributed by atoms with Gasteiger partial charge < -0.3 is 15.2 Å². The van der Waals surface area contributed by atoms with Gasteiger partial charge in [0.25, 0.3) is 0 Å². The van der Waals surface area contributed by atoms with Crippen molar-refractivity contribution in [3.63, 3.8) is 0 Å². The molecule has 1 aliphatic rings. The lowest BCUT2D eigenvalue weighted by Crippen LogP contribution is -2.28. The number of aromatic carboxylic acids is 1. The highest BCUT2D eigenvalue weighted by Crippen LogP contribution is 2.16. The molecule has 0 radical (unpaired) electrons. The lowest BCUT2D eigenvalue weighted by molar-refractivity contribution is 0.0685. The summed E-state index contributed by atoms with van der Waals surface area (Å²) in [7, 11) is 0. The predicted octanol–water partition coefficient (Wildman–Crippen LogP) is 0.911. The Morgan fingerprint density at radius 3 is 3.25 bits per heavy atom. The molecular formula is C11H14N2O3. The van der Waals surface area contributed by atoms with Crippen molar-refractivity contribution in [1.82, 2.24) is 10.3 Å². The molecule has 5 nitrogen and oxygen atoms in total. The van der Waals surface area contributed by atoms with Crippen molar-refractivity contribution in [2.24, 2.45) is 0 Å². The van der Waals surface area contributed by atoms with Crippen LogP contribution in [0.5, 0.6) is 5.75 Å². The predicted molar refractivity (Wildman–Crippen MR) is 57.7 cm³/mol. The molecule has 2 rings (SSSR count). The number of nitrogens with one attached hydrogen (secondary N) is 1. The summed E-state index contributed by atoms with van der Waals surface area (Å²) in [5.74, 6) is -0.723. The number of aromatic nitrogens is 1. The van der Waals surface area contributed by atoms with Crippen LogP contribution >= 0.6 is 0 Å². The Morgan fingerprint density at radius 1 is 1.69 bits per heavy atom. The van der Waals surface area contributed by atoms with Crippen LogP contribution in [0.1, 0.15) is 23.3 Å². The van der Waals surface area contributed by atoms with Crippen LogP contribution in [-0.2, 0) is 0 Å². The van der Waals surface area contributed by atoms with Gasteiger partial charge in [-0.05, 0) is 31.5 Å². The van der Waals surface area contributed by atoms with E-state index < -0.39 is 5.97 Å². The second-order valence-corrected chi connectivity index (χ2v) is 3.76. The van der Waals surface area contributed by atoms with Crippen LogP contribution in [0, 0.1) is 0 Å². The molecule has 1 fully saturated rings. The Hall–Kier alpha value is -1.62. The van der Waals surface area contributed by atoms with Crippen molar-refractivity contribution in [2.75, 3.05) is 13.2 Å². The first-order valence-corrected chi connectivity index (χ1v) is 5.32. The van der Waals surface area contributed by atoms with Crippen molar-refractivity contribution in [3.05, 3.63) is 24.0 Å². The standard InChI is InChI=1S/C11H14N2O3/c14-11(15)10-9(4-2-6-13-10)16-7-8-3-1-5-12-8/h2,4,6,8,12H,1,3,5,7H2,(H,14,15). The number of carboxylic acid groups (broad SMARTS) is 1. The van der Waals surface area contributed by atoms with Gasteiger partial charge in [0.15, 0.2) is 11.4 Å². The number of carboxylic acids is 1. The third-order valence-corrected chi connectivity index (χ3v) is 2.58. The summed E-state index contributed by atoms with van der Waals surface area (Å²) in [6.07, 6.45) is 3.67. The van der Waals surface area contributed by atoms with Crippen LogP contribution < -0.4 is 10.1 Å². The molecule has 16 heavy (non-hydrogen) atoms. The van der Waals surface area contributed by atoms with Gasteiger partial charge in [0.2, 0.25) is 0 Å². The smallest absolute Gasteiger partial charge is 0.358 e. The number of rotatable bonds is 4. The molecule has 0 saturated carbocycles. The number of nitrogens with zero attached hydrogens (tertiary/aromatic N) is 1. The van der Waals surface area contributed by atoms with Crippen LogP contribution in [0.25, 0.3) is 0 Å². The average Bonchev–Trinajstić information content (AvgIpc) is 2.79. The minimum Gasteiger partial charge on any atom is -0.489 e. The fourth-order valence-corrected chi connectivity index (χ4v) is 1.76. The molecule has 1 saturated heterocycles. The summed E-state index contributed by atoms with van der Waals surface area (Å²) >= 11 is 0. The van der Waals surface area contributed by atoms with E-state index >= 15 is 0 Å². The molecule has 1 aliphatic heterocycles. The molecule has 0 aliphatic carbocycles. The average molecular weight is 222 g/mol. The molecule has 1 unspecified atom stereocenters. The topological polar surface area (TPSA) is 71.5 Å². The molecule has 1 aromatic heterocycles. The van der Waals surface area contributed by atoms with Crippen LogP contribution in [0.4, 0.5) is 0 Å². The first kappa shape index (κ1) is 10.9. The van der Waals surface area contributed by atoms with Gasteiger partial charge in [-0.3, -0.25) is 0 Å². The first-order valence-electron chi connectivity index (χ1n) is 5.32. The van der Waals surface area contributed by atoms with Gasteiger partial charge in [0.05, 0.1) is 0 Å². The van der Waals surface area contributed by atoms with E-state index in [-0.39, 0.29) is 5.69 Å². The van der Waals surface area contributed by atoms with Gasteiger partial charge in [0.1, 0.15) is 6.61 Å². The molecule has 0 amide bonds. The van der Waals surface area contributed by atoms with Crippen LogP contribution in [0.15, 0.2) is 18.3 Å². The highest BCUT2D eigenvalue weighted by Gasteiger charge is 2.17. The summed E-state index contributed by atoms with van der Waals surface area (Å²) in [6, 6.07) is 3.62. The van der Waals surface area contributed by atoms with E-state index in [4.69, 9.17) is 9.84 Å². The second kappa shape index (κ2) is 4.94. The van der Waals surface area contributed by atoms with Gasteiger partial charge in [-0.25, -0.2) is 9.78 Å². The molecule has 5 heteroatoms. The van der Waals surface area contributed by atoms with E-state index in [0.29, 0.717) is 18.4 Å². The van der Waals surface area contributed by atoms with E-state index in [1.54, 1.807) is 12.1 Å². The van der Waals surface area contributed by atoms with Crippen molar-refractivity contribution in [1.29, 1.82) is 0 Å². The van der Waals surface area contributed by atoms with Crippen LogP contribution in [0.3, 0.4) is 0 Å². The van der Waals surface area contributed by atoms with E-state index in [2.05, 4.69) is 10.3 Å². The molecule has 0 spiro atoms. The maximum Gasteiger partial charge on any atom is 0.358 e. The molecule has 1 atom stereocenters. The highest BCUT2D eigenvalue weighted by atomic mass is 16.5. The first-order chi connectivity index (χ1) is 7.77. The lowest BCUT2D eigenvalue weighted by atomic mass is 10.2. The third kappa shape index (κ3) is 2.49. The molecule has 2 heterocycles. The summed E-state index contributed by atoms with van der Waals surface area (Å²) in [5.41, 5.74) is -0.0273. The fourth-order valence-electron chi connectivity index (χ4n) is 1.76. The maximum absolute atomic E-state index is 10.9. The van der Waals surface area contributed by atoms with Crippen LogP contribution in [-0.4, -0.2) is 35.3 Å². The number of carbonyl (C=O) groups is 1. The van der Waals surface area contributed by atoms with Gasteiger partial charge >= 0.3 is 5.97 Å². The molecule has 0 bridgehead atoms. The van der Waals surface area contributed by atoms with Gasteiger partial charge in [0, 0.05) is 12.2 Å². The van der Waals surface area contributed by atoms with Crippen molar-refractivity contribution >= 4 is 5.97 Å². The molecular weight excluding hydrogens is 208 g/mol. The Kier molecular flexibility index (Phi) is 3.36. The van der Waals surface area contributed by atoms with Crippen molar-refractivity contribution in [3.8, 4) is 5.75 Å². The zero-order valence-corrected chi connectivity index (χ0v) is 8.85. The second-order valence-electron chi connectivity index (χ2n) is 3.76. The summed E-state index contributed by atoms with van der Waals surface area (Å²) in [4.78, 5) is 14.6. The van der Waals surface area contributed by atoms with E-state index in [1.807, 2.05) is 0 Å². The number of hydrogen-bond acceptors (Lipinski definition) is 4. The zero-order valence-electron chi connectivity index (χ0n) is 8.85. The Morgan fingerprint density at radius 2 is 2.56 bits per heavy atom. The molecule has 2 N–H and O–H groups in total. The Bertz CT molecular complexity index is 375. The van der Waals surface area contributed by atoms with E-state index in [1.165, 1.54) is 6.20 Å². The Labute approximate surface area is 93.5 Å². The summed E-state index contributed by atoms with van der Waals surface area (Å²) < 4.78 is 5.48. The Balaban J connectivity index is 2.00. The number of hydrogen-bond donors (Lipinski definition) is 2. The molecule has 86 valence electrons. The van der Waals surface area contributed by atoms with Gasteiger partial charge in [-0.1, -0.05) is 0 Å². The highest BCUT2D eigenvalue weighted by molar-refractivity contribution is 5.88. The SMILES string of the molecule is O=C(O)c1ncccc1OCC1CCCN1. The van der Waals surface area contributed by atoms with Crippen LogP contribution in [0.2, 0.25) is 0 Å². The third-order valence-electron chi connectivity index (χ3n) is 2.58. The normalized spacial score (nSPS) is 19.6. The lowest BCUT2D eigenvalue weighted by Gasteiger charge is -2.12. The summed E-state index contributed by atoms with van der Waals surface area (Å²) in [5, 5.41) is 12.2. The zero-order chi connectivity index (χ0) is 11.4. The van der Waals surface area contributed by atoms with Gasteiger partial charge in [-0.15, -0.1) is 0 Å². The quantitative estimate of drug-likeness (QED) is 0.792. The maximum atomic E-state index is 10.9. The minimum absolute atomic E-state index is 0.0273. The fraction of sp³-hybridized carbons (Fsp3) is 0.455. The van der Waals surface area contributed by atoms with E-state index in [9.17, 15) is 4.79 Å². The number of ether oxygens (including phenoxy) is 1.